The molecular weight excluding hydrogens is 382 g/mol. The number of carbonyl (C=O) groups is 1. The van der Waals surface area contributed by atoms with Crippen molar-refractivity contribution >= 4 is 5.91 Å². The monoisotopic (exact) mass is 411 g/mol. The maximum absolute atomic E-state index is 11.9. The van der Waals surface area contributed by atoms with Crippen LogP contribution in [0.3, 0.4) is 0 Å². The summed E-state index contributed by atoms with van der Waals surface area (Å²) in [4.78, 5) is 11.9. The molecule has 164 valence electrons. The molecule has 12 heteroatoms. The maximum Gasteiger partial charge on any atom is 0.246 e. The zero-order valence-corrected chi connectivity index (χ0v) is 15.3. The van der Waals surface area contributed by atoms with Crippen molar-refractivity contribution in [2.24, 2.45) is 0 Å². The van der Waals surface area contributed by atoms with Crippen molar-refractivity contribution in [3.63, 3.8) is 0 Å². The molecular formula is C16H29NO11. The van der Waals surface area contributed by atoms with E-state index in [9.17, 15) is 40.5 Å². The Morgan fingerprint density at radius 2 is 1.68 bits per heavy atom. The first-order valence-electron chi connectivity index (χ1n) is 8.58. The van der Waals surface area contributed by atoms with Crippen molar-refractivity contribution in [3.8, 4) is 0 Å². The molecule has 1 saturated heterocycles. The largest absolute Gasteiger partial charge is 0.394 e. The Morgan fingerprint density at radius 1 is 1.11 bits per heavy atom. The van der Waals surface area contributed by atoms with Crippen LogP contribution in [0.15, 0.2) is 12.2 Å². The molecule has 12 nitrogen and oxygen atoms in total. The Kier molecular flexibility index (Phi) is 9.86. The number of hydrogen-bond donors (Lipinski definition) is 9. The van der Waals surface area contributed by atoms with Gasteiger partial charge in [0.1, 0.15) is 48.8 Å². The highest BCUT2D eigenvalue weighted by atomic mass is 16.7. The number of carbonyl (C=O) groups excluding carboxylic acids is 1. The fraction of sp³-hybridized carbons (Fsp3) is 0.812. The molecule has 0 unspecified atom stereocenters. The van der Waals surface area contributed by atoms with Crippen LogP contribution < -0.4 is 5.32 Å². The third-order valence-electron chi connectivity index (χ3n) is 4.32. The van der Waals surface area contributed by atoms with Crippen molar-refractivity contribution in [2.45, 2.75) is 62.0 Å². The molecule has 1 aliphatic rings. The first kappa shape index (κ1) is 24.8. The number of aliphatic hydroxyl groups is 8. The van der Waals surface area contributed by atoms with Gasteiger partial charge in [-0.25, -0.2) is 0 Å². The number of ether oxygens (including phenoxy) is 2. The Morgan fingerprint density at radius 3 is 2.18 bits per heavy atom. The van der Waals surface area contributed by atoms with E-state index in [2.05, 4.69) is 11.9 Å². The summed E-state index contributed by atoms with van der Waals surface area (Å²) in [6.45, 7) is 2.64. The minimum absolute atomic E-state index is 0.0984. The summed E-state index contributed by atoms with van der Waals surface area (Å²) in [5.41, 5.74) is 0.0984. The van der Waals surface area contributed by atoms with E-state index in [0.717, 1.165) is 0 Å². The van der Waals surface area contributed by atoms with Gasteiger partial charge in [-0.05, 0) is 6.92 Å². The quantitative estimate of drug-likeness (QED) is 0.155. The van der Waals surface area contributed by atoms with Crippen LogP contribution in [-0.4, -0.2) is 122 Å². The molecule has 28 heavy (non-hydrogen) atoms. The molecule has 1 rings (SSSR count). The van der Waals surface area contributed by atoms with Crippen molar-refractivity contribution in [2.75, 3.05) is 19.8 Å². The van der Waals surface area contributed by atoms with E-state index in [1.165, 1.54) is 6.92 Å². The van der Waals surface area contributed by atoms with Gasteiger partial charge in [0.15, 0.2) is 6.29 Å². The summed E-state index contributed by atoms with van der Waals surface area (Å²) in [7, 11) is 0. The van der Waals surface area contributed by atoms with Crippen molar-refractivity contribution in [1.82, 2.24) is 5.32 Å². The van der Waals surface area contributed by atoms with Gasteiger partial charge in [0.25, 0.3) is 0 Å². The molecule has 9 atom stereocenters. The number of aliphatic hydroxyl groups excluding tert-OH is 8. The van der Waals surface area contributed by atoms with Gasteiger partial charge in [-0.1, -0.05) is 6.58 Å². The Labute approximate surface area is 161 Å². The van der Waals surface area contributed by atoms with E-state index in [1.54, 1.807) is 0 Å². The van der Waals surface area contributed by atoms with Crippen LogP contribution in [-0.2, 0) is 14.3 Å². The molecule has 9 N–H and O–H groups in total. The van der Waals surface area contributed by atoms with Gasteiger partial charge in [-0.15, -0.1) is 0 Å². The van der Waals surface area contributed by atoms with Gasteiger partial charge in [-0.3, -0.25) is 4.79 Å². The molecule has 0 bridgehead atoms. The maximum atomic E-state index is 11.9. The lowest BCUT2D eigenvalue weighted by Gasteiger charge is -2.42. The summed E-state index contributed by atoms with van der Waals surface area (Å²) in [6.07, 6.45) is -13.0. The van der Waals surface area contributed by atoms with E-state index in [-0.39, 0.29) is 5.57 Å². The summed E-state index contributed by atoms with van der Waals surface area (Å²) in [6, 6.07) is -1.31. The summed E-state index contributed by atoms with van der Waals surface area (Å²) in [5, 5.41) is 79.2. The summed E-state index contributed by atoms with van der Waals surface area (Å²) >= 11 is 0. The van der Waals surface area contributed by atoms with Crippen LogP contribution in [0.2, 0.25) is 0 Å². The van der Waals surface area contributed by atoms with Crippen LogP contribution >= 0.6 is 0 Å². The molecule has 0 saturated carbocycles. The van der Waals surface area contributed by atoms with Gasteiger partial charge >= 0.3 is 0 Å². The fourth-order valence-electron chi connectivity index (χ4n) is 2.51. The smallest absolute Gasteiger partial charge is 0.246 e. The van der Waals surface area contributed by atoms with Gasteiger partial charge < -0.3 is 55.6 Å². The van der Waals surface area contributed by atoms with Gasteiger partial charge in [-0.2, -0.15) is 0 Å². The standard InChI is InChI=1S/C16H29NO11/c1-6(2)15(26)17-10-14(25)13(24)9(4-19)28-16(10)27-5-8(21)12(23)11(22)7(20)3-18/h7-14,16,18-25H,1,3-5H2,2H3,(H,17,26)/t7-,8-,9-,10-,11-,12-,13-,14-,16+/m1/s1. The van der Waals surface area contributed by atoms with Crippen molar-refractivity contribution < 1.29 is 55.1 Å². The normalized spacial score (nSPS) is 32.2. The second kappa shape index (κ2) is 11.1. The van der Waals surface area contributed by atoms with Gasteiger partial charge in [0.2, 0.25) is 5.91 Å². The fourth-order valence-corrected chi connectivity index (χ4v) is 2.51. The molecule has 0 radical (unpaired) electrons. The first-order valence-corrected chi connectivity index (χ1v) is 8.58. The van der Waals surface area contributed by atoms with Crippen LogP contribution in [0.1, 0.15) is 6.92 Å². The molecule has 0 aromatic heterocycles. The Bertz CT molecular complexity index is 519. The van der Waals surface area contributed by atoms with Gasteiger partial charge in [0.05, 0.1) is 19.8 Å². The van der Waals surface area contributed by atoms with Crippen LogP contribution in [0, 0.1) is 0 Å². The number of rotatable bonds is 10. The minimum Gasteiger partial charge on any atom is -0.394 e. The number of hydrogen-bond acceptors (Lipinski definition) is 11. The first-order chi connectivity index (χ1) is 13.0. The van der Waals surface area contributed by atoms with E-state index < -0.39 is 80.8 Å². The zero-order valence-electron chi connectivity index (χ0n) is 15.3. The third kappa shape index (κ3) is 6.15. The molecule has 0 aromatic rings. The minimum atomic E-state index is -1.89. The molecule has 0 spiro atoms. The summed E-state index contributed by atoms with van der Waals surface area (Å²) < 4.78 is 10.6. The lowest BCUT2D eigenvalue weighted by atomic mass is 9.96. The number of nitrogens with one attached hydrogen (secondary N) is 1. The van der Waals surface area contributed by atoms with E-state index in [1.807, 2.05) is 0 Å². The molecule has 1 fully saturated rings. The second-order valence-electron chi connectivity index (χ2n) is 6.62. The lowest BCUT2D eigenvalue weighted by molar-refractivity contribution is -0.277. The Balaban J connectivity index is 2.84. The Hall–Kier alpha value is -1.19. The van der Waals surface area contributed by atoms with Crippen molar-refractivity contribution in [3.05, 3.63) is 12.2 Å². The third-order valence-corrected chi connectivity index (χ3v) is 4.32. The van der Waals surface area contributed by atoms with Crippen LogP contribution in [0.4, 0.5) is 0 Å². The molecule has 1 heterocycles. The molecule has 1 aliphatic heterocycles. The van der Waals surface area contributed by atoms with E-state index in [0.29, 0.717) is 0 Å². The highest BCUT2D eigenvalue weighted by Gasteiger charge is 2.46. The van der Waals surface area contributed by atoms with Crippen LogP contribution in [0.5, 0.6) is 0 Å². The van der Waals surface area contributed by atoms with Crippen molar-refractivity contribution in [1.29, 1.82) is 0 Å². The highest BCUT2D eigenvalue weighted by molar-refractivity contribution is 5.92. The zero-order chi connectivity index (χ0) is 21.6. The molecule has 1 amide bonds. The summed E-state index contributed by atoms with van der Waals surface area (Å²) in [5.74, 6) is -0.669. The topological polar surface area (TPSA) is 209 Å². The average molecular weight is 411 g/mol. The second-order valence-corrected chi connectivity index (χ2v) is 6.62. The highest BCUT2D eigenvalue weighted by Crippen LogP contribution is 2.23. The SMILES string of the molecule is C=C(C)C(=O)N[C@H]1[C@@H](OC[C@@H](O)[C@@H](O)[C@H](O)[C@H](O)CO)O[C@H](CO)[C@@H](O)[C@@H]1O. The van der Waals surface area contributed by atoms with Gasteiger partial charge in [0, 0.05) is 5.57 Å². The van der Waals surface area contributed by atoms with Crippen LogP contribution in [0.25, 0.3) is 0 Å². The average Bonchev–Trinajstić information content (AvgIpc) is 2.68. The molecule has 0 aromatic carbocycles. The van der Waals surface area contributed by atoms with E-state index in [4.69, 9.17) is 14.6 Å². The predicted molar refractivity (Wildman–Crippen MR) is 91.6 cm³/mol. The predicted octanol–water partition coefficient (Wildman–Crippen LogP) is -5.06. The molecule has 0 aliphatic carbocycles. The number of amides is 1. The van der Waals surface area contributed by atoms with E-state index >= 15 is 0 Å². The lowest BCUT2D eigenvalue weighted by Crippen LogP contribution is -2.65.